The summed E-state index contributed by atoms with van der Waals surface area (Å²) < 4.78 is 2.01. The van der Waals surface area contributed by atoms with Crippen molar-refractivity contribution < 1.29 is 4.79 Å². The molecule has 26 heavy (non-hydrogen) atoms. The number of nitrogens with one attached hydrogen (secondary N) is 2. The summed E-state index contributed by atoms with van der Waals surface area (Å²) in [5.74, 6) is 0. The van der Waals surface area contributed by atoms with E-state index in [1.54, 1.807) is 12.5 Å². The van der Waals surface area contributed by atoms with Gasteiger partial charge in [0, 0.05) is 24.6 Å². The van der Waals surface area contributed by atoms with Crippen molar-refractivity contribution in [3.8, 4) is 0 Å². The molecular weight excluding hydrogens is 324 g/mol. The van der Waals surface area contributed by atoms with E-state index in [4.69, 9.17) is 0 Å². The van der Waals surface area contributed by atoms with Crippen LogP contribution in [0, 0.1) is 0 Å². The molecule has 0 saturated heterocycles. The minimum Gasteiger partial charge on any atom is -0.333 e. The molecular formula is C21H22N4O. The van der Waals surface area contributed by atoms with Gasteiger partial charge in [-0.3, -0.25) is 0 Å². The van der Waals surface area contributed by atoms with Gasteiger partial charge >= 0.3 is 6.03 Å². The first-order valence-electron chi connectivity index (χ1n) is 8.93. The molecule has 0 spiro atoms. The minimum absolute atomic E-state index is 0.157. The van der Waals surface area contributed by atoms with E-state index in [-0.39, 0.29) is 11.6 Å². The van der Waals surface area contributed by atoms with Gasteiger partial charge in [-0.1, -0.05) is 42.5 Å². The largest absolute Gasteiger partial charge is 0.333 e. The van der Waals surface area contributed by atoms with Crippen LogP contribution in [-0.2, 0) is 12.1 Å². The average molecular weight is 346 g/mol. The lowest BCUT2D eigenvalue weighted by molar-refractivity contribution is 0.185. The first-order chi connectivity index (χ1) is 12.7. The van der Waals surface area contributed by atoms with Crippen molar-refractivity contribution in [2.24, 2.45) is 0 Å². The summed E-state index contributed by atoms with van der Waals surface area (Å²) in [6, 6.07) is 18.0. The average Bonchev–Trinajstić information content (AvgIpc) is 3.14. The zero-order chi connectivity index (χ0) is 17.8. The molecule has 5 heteroatoms. The molecule has 1 aromatic heterocycles. The van der Waals surface area contributed by atoms with Crippen molar-refractivity contribution in [3.63, 3.8) is 0 Å². The number of imidazole rings is 1. The molecule has 4 rings (SSSR count). The first-order valence-corrected chi connectivity index (χ1v) is 8.93. The number of hydrogen-bond donors (Lipinski definition) is 2. The maximum absolute atomic E-state index is 12.5. The Kier molecular flexibility index (Phi) is 4.44. The standard InChI is InChI=1S/C21H22N4O/c26-20(24-21(11-4-12-21)18-5-2-1-3-6-18)23-19-9-7-17(8-10-19)15-25-14-13-22-16-25/h1-3,5-10,13-14,16H,4,11-12,15H2,(H2,23,24,26). The number of aromatic nitrogens is 2. The molecule has 1 fully saturated rings. The molecule has 2 aromatic carbocycles. The number of anilines is 1. The van der Waals surface area contributed by atoms with Crippen LogP contribution in [0.3, 0.4) is 0 Å². The predicted octanol–water partition coefficient (Wildman–Crippen LogP) is 4.13. The van der Waals surface area contributed by atoms with Crippen molar-refractivity contribution in [2.75, 3.05) is 5.32 Å². The van der Waals surface area contributed by atoms with E-state index >= 15 is 0 Å². The normalized spacial score (nSPS) is 15.1. The molecule has 0 radical (unpaired) electrons. The zero-order valence-corrected chi connectivity index (χ0v) is 14.6. The fourth-order valence-electron chi connectivity index (χ4n) is 3.44. The van der Waals surface area contributed by atoms with Crippen LogP contribution in [0.1, 0.15) is 30.4 Å². The highest BCUT2D eigenvalue weighted by Gasteiger charge is 2.39. The number of hydrogen-bond acceptors (Lipinski definition) is 2. The Morgan fingerprint density at radius 1 is 1.08 bits per heavy atom. The number of carbonyl (C=O) groups is 1. The predicted molar refractivity (Wildman–Crippen MR) is 102 cm³/mol. The van der Waals surface area contributed by atoms with Crippen LogP contribution in [0.15, 0.2) is 73.3 Å². The van der Waals surface area contributed by atoms with E-state index in [1.807, 2.05) is 53.2 Å². The highest BCUT2D eigenvalue weighted by atomic mass is 16.2. The molecule has 5 nitrogen and oxygen atoms in total. The van der Waals surface area contributed by atoms with Gasteiger partial charge in [-0.15, -0.1) is 0 Å². The van der Waals surface area contributed by atoms with Gasteiger partial charge in [0.25, 0.3) is 0 Å². The molecule has 2 amide bonds. The first kappa shape index (κ1) is 16.4. The second kappa shape index (κ2) is 7.04. The third-order valence-electron chi connectivity index (χ3n) is 5.02. The van der Waals surface area contributed by atoms with Gasteiger partial charge < -0.3 is 15.2 Å². The van der Waals surface area contributed by atoms with Gasteiger partial charge in [0.15, 0.2) is 0 Å². The molecule has 1 saturated carbocycles. The molecule has 0 aliphatic heterocycles. The SMILES string of the molecule is O=C(Nc1ccc(Cn2ccnc2)cc1)NC1(c2ccccc2)CCC1. The Hall–Kier alpha value is -3.08. The lowest BCUT2D eigenvalue weighted by Gasteiger charge is -2.43. The van der Waals surface area contributed by atoms with Crippen molar-refractivity contribution in [1.82, 2.24) is 14.9 Å². The summed E-state index contributed by atoms with van der Waals surface area (Å²) in [4.78, 5) is 16.5. The third kappa shape index (κ3) is 3.47. The molecule has 0 bridgehead atoms. The second-order valence-electron chi connectivity index (χ2n) is 6.81. The van der Waals surface area contributed by atoms with Crippen molar-refractivity contribution >= 4 is 11.7 Å². The maximum Gasteiger partial charge on any atom is 0.319 e. The second-order valence-corrected chi connectivity index (χ2v) is 6.81. The molecule has 3 aromatic rings. The van der Waals surface area contributed by atoms with Gasteiger partial charge in [-0.2, -0.15) is 0 Å². The van der Waals surface area contributed by atoms with E-state index in [2.05, 4.69) is 27.8 Å². The number of nitrogens with zero attached hydrogens (tertiary/aromatic N) is 2. The van der Waals surface area contributed by atoms with Gasteiger partial charge in [0.1, 0.15) is 0 Å². The quantitative estimate of drug-likeness (QED) is 0.730. The summed E-state index contributed by atoms with van der Waals surface area (Å²) >= 11 is 0. The monoisotopic (exact) mass is 346 g/mol. The van der Waals surface area contributed by atoms with Crippen LogP contribution in [0.4, 0.5) is 10.5 Å². The summed E-state index contributed by atoms with van der Waals surface area (Å²) in [7, 11) is 0. The fourth-order valence-corrected chi connectivity index (χ4v) is 3.44. The summed E-state index contributed by atoms with van der Waals surface area (Å²) in [6.07, 6.45) is 8.59. The van der Waals surface area contributed by atoms with Crippen LogP contribution in [0.5, 0.6) is 0 Å². The van der Waals surface area contributed by atoms with E-state index < -0.39 is 0 Å². The van der Waals surface area contributed by atoms with Crippen molar-refractivity contribution in [1.29, 1.82) is 0 Å². The molecule has 1 aliphatic carbocycles. The fraction of sp³-hybridized carbons (Fsp3) is 0.238. The van der Waals surface area contributed by atoms with E-state index in [0.29, 0.717) is 0 Å². The Bertz CT molecular complexity index is 853. The van der Waals surface area contributed by atoms with E-state index in [1.165, 1.54) is 5.56 Å². The summed E-state index contributed by atoms with van der Waals surface area (Å²) in [6.45, 7) is 0.767. The number of amides is 2. The van der Waals surface area contributed by atoms with Crippen LogP contribution < -0.4 is 10.6 Å². The van der Waals surface area contributed by atoms with Gasteiger partial charge in [0.2, 0.25) is 0 Å². The highest BCUT2D eigenvalue weighted by molar-refractivity contribution is 5.90. The Morgan fingerprint density at radius 3 is 2.46 bits per heavy atom. The topological polar surface area (TPSA) is 59.0 Å². The number of benzene rings is 2. The molecule has 1 heterocycles. The maximum atomic E-state index is 12.5. The van der Waals surface area contributed by atoms with Crippen molar-refractivity contribution in [3.05, 3.63) is 84.4 Å². The summed E-state index contributed by atoms with van der Waals surface area (Å²) in [5.41, 5.74) is 2.90. The third-order valence-corrected chi connectivity index (χ3v) is 5.02. The molecule has 0 unspecified atom stereocenters. The molecule has 0 atom stereocenters. The minimum atomic E-state index is -0.229. The Morgan fingerprint density at radius 2 is 1.85 bits per heavy atom. The number of carbonyl (C=O) groups excluding carboxylic acids is 1. The van der Waals surface area contributed by atoms with Crippen molar-refractivity contribution in [2.45, 2.75) is 31.3 Å². The smallest absolute Gasteiger partial charge is 0.319 e. The Balaban J connectivity index is 1.38. The van der Waals surface area contributed by atoms with E-state index in [9.17, 15) is 4.79 Å². The summed E-state index contributed by atoms with van der Waals surface area (Å²) in [5, 5.41) is 6.14. The number of rotatable bonds is 5. The zero-order valence-electron chi connectivity index (χ0n) is 14.6. The molecule has 132 valence electrons. The van der Waals surface area contributed by atoms with Gasteiger partial charge in [-0.05, 0) is 42.5 Å². The highest BCUT2D eigenvalue weighted by Crippen LogP contribution is 2.41. The molecule has 1 aliphatic rings. The number of urea groups is 1. The lowest BCUT2D eigenvalue weighted by atomic mass is 9.72. The van der Waals surface area contributed by atoms with Crippen LogP contribution in [-0.4, -0.2) is 15.6 Å². The van der Waals surface area contributed by atoms with Gasteiger partial charge in [-0.25, -0.2) is 9.78 Å². The van der Waals surface area contributed by atoms with E-state index in [0.717, 1.165) is 37.1 Å². The lowest BCUT2D eigenvalue weighted by Crippen LogP contribution is -2.52. The van der Waals surface area contributed by atoms with Crippen LogP contribution >= 0.6 is 0 Å². The van der Waals surface area contributed by atoms with Crippen LogP contribution in [0.2, 0.25) is 0 Å². The molecule has 2 N–H and O–H groups in total. The van der Waals surface area contributed by atoms with Crippen LogP contribution in [0.25, 0.3) is 0 Å². The van der Waals surface area contributed by atoms with Gasteiger partial charge in [0.05, 0.1) is 11.9 Å². The Labute approximate surface area is 153 Å².